The molecule has 1 unspecified atom stereocenters. The molecular weight excluding hydrogens is 605 g/mol. The van der Waals surface area contributed by atoms with E-state index in [0.717, 1.165) is 0 Å². The maximum Gasteiger partial charge on any atom is 0.234 e. The van der Waals surface area contributed by atoms with E-state index in [4.69, 9.17) is 24.7 Å². The summed E-state index contributed by atoms with van der Waals surface area (Å²) < 4.78 is 22.0. The molecule has 0 saturated carbocycles. The van der Waals surface area contributed by atoms with E-state index in [2.05, 4.69) is 21.6 Å². The number of anilines is 2. The fourth-order valence-electron chi connectivity index (χ4n) is 5.23. The Kier molecular flexibility index (Phi) is 9.26. The second kappa shape index (κ2) is 13.3. The summed E-state index contributed by atoms with van der Waals surface area (Å²) >= 11 is 2.43. The van der Waals surface area contributed by atoms with Crippen molar-refractivity contribution in [2.75, 3.05) is 44.4 Å². The van der Waals surface area contributed by atoms with Gasteiger partial charge in [0.05, 0.1) is 51.8 Å². The van der Waals surface area contributed by atoms with Gasteiger partial charge in [-0.05, 0) is 18.9 Å². The molecule has 2 aromatic carbocycles. The lowest BCUT2D eigenvalue weighted by Gasteiger charge is -2.38. The average Bonchev–Trinajstić information content (AvgIpc) is 3.51. The van der Waals surface area contributed by atoms with Gasteiger partial charge in [0.2, 0.25) is 11.0 Å². The fraction of sp³-hybridized carbons (Fsp3) is 0.300. The van der Waals surface area contributed by atoms with Crippen LogP contribution in [0.1, 0.15) is 30.7 Å². The van der Waals surface area contributed by atoms with Crippen molar-refractivity contribution in [1.82, 2.24) is 10.2 Å². The number of ether oxygens (including phenoxy) is 4. The predicted octanol–water partition coefficient (Wildman–Crippen LogP) is 4.61. The number of methoxy groups -OCH3 is 4. The van der Waals surface area contributed by atoms with Gasteiger partial charge in [-0.25, -0.2) is 0 Å². The van der Waals surface area contributed by atoms with Crippen LogP contribution in [0.15, 0.2) is 63.4 Å². The molecule has 3 N–H and O–H groups in total. The Bertz CT molecular complexity index is 1690. The van der Waals surface area contributed by atoms with Gasteiger partial charge in [0, 0.05) is 53.2 Å². The van der Waals surface area contributed by atoms with Crippen LogP contribution >= 0.6 is 23.1 Å². The van der Waals surface area contributed by atoms with Crippen molar-refractivity contribution in [2.24, 2.45) is 5.73 Å². The highest BCUT2D eigenvalue weighted by atomic mass is 32.2. The quantitative estimate of drug-likeness (QED) is 0.298. The number of hydrogen-bond acceptors (Lipinski definition) is 13. The highest BCUT2D eigenvalue weighted by molar-refractivity contribution is 8.01. The Balaban J connectivity index is 1.42. The summed E-state index contributed by atoms with van der Waals surface area (Å²) in [6, 6.07) is 12.6. The van der Waals surface area contributed by atoms with Gasteiger partial charge >= 0.3 is 0 Å². The summed E-state index contributed by atoms with van der Waals surface area (Å²) in [6.45, 7) is 0. The van der Waals surface area contributed by atoms with E-state index in [1.165, 1.54) is 44.4 Å². The van der Waals surface area contributed by atoms with Crippen molar-refractivity contribution in [3.63, 3.8) is 0 Å². The fourth-order valence-corrected chi connectivity index (χ4v) is 6.91. The molecule has 1 aliphatic heterocycles. The van der Waals surface area contributed by atoms with Crippen LogP contribution in [0.5, 0.6) is 23.0 Å². The van der Waals surface area contributed by atoms with Crippen LogP contribution in [0.25, 0.3) is 0 Å². The summed E-state index contributed by atoms with van der Waals surface area (Å²) in [5.74, 6) is 1.36. The standard InChI is InChI=1S/C30H30N6O6S2/c1-39-17-8-9-20(24(13-17)42-4)26-21(14-31)28(32)36(22-6-5-7-23(37)27(22)26)29-34-35-30(44-29)43-15-25(38)33-16-10-18(40-2)12-19(11-16)41-3/h8-13,26H,5-7,15,32H2,1-4H3,(H,33,38). The van der Waals surface area contributed by atoms with Gasteiger partial charge in [0.15, 0.2) is 10.1 Å². The van der Waals surface area contributed by atoms with Crippen molar-refractivity contribution in [2.45, 2.75) is 29.5 Å². The molecule has 3 aromatic rings. The maximum atomic E-state index is 13.5. The largest absolute Gasteiger partial charge is 0.497 e. The predicted molar refractivity (Wildman–Crippen MR) is 166 cm³/mol. The van der Waals surface area contributed by atoms with Gasteiger partial charge in [-0.1, -0.05) is 29.2 Å². The van der Waals surface area contributed by atoms with Gasteiger partial charge in [-0.2, -0.15) is 5.26 Å². The molecule has 12 nitrogen and oxygen atoms in total. The summed E-state index contributed by atoms with van der Waals surface area (Å²) in [5.41, 5.74) is 9.23. The van der Waals surface area contributed by atoms with Gasteiger partial charge in [0.1, 0.15) is 28.8 Å². The Morgan fingerprint density at radius 2 is 1.80 bits per heavy atom. The lowest BCUT2D eigenvalue weighted by molar-refractivity contribution is -0.116. The van der Waals surface area contributed by atoms with E-state index in [-0.39, 0.29) is 28.8 Å². The normalized spacial score (nSPS) is 16.3. The Morgan fingerprint density at radius 3 is 2.45 bits per heavy atom. The second-order valence-electron chi connectivity index (χ2n) is 9.71. The van der Waals surface area contributed by atoms with Crippen LogP contribution < -0.4 is 34.9 Å². The minimum Gasteiger partial charge on any atom is -0.497 e. The van der Waals surface area contributed by atoms with Crippen LogP contribution in [0.4, 0.5) is 10.8 Å². The van der Waals surface area contributed by atoms with Gasteiger partial charge in [-0.15, -0.1) is 10.2 Å². The molecular formula is C30H30N6O6S2. The highest BCUT2D eigenvalue weighted by Gasteiger charge is 2.42. The number of rotatable bonds is 10. The molecule has 0 bridgehead atoms. The van der Waals surface area contributed by atoms with Crippen LogP contribution in [-0.2, 0) is 9.59 Å². The zero-order valence-corrected chi connectivity index (χ0v) is 26.1. The number of Topliss-reactive ketones (excluding diaryl/α,β-unsaturated/α-hetero) is 1. The molecule has 0 spiro atoms. The van der Waals surface area contributed by atoms with Crippen LogP contribution in [0.2, 0.25) is 0 Å². The van der Waals surface area contributed by atoms with Gasteiger partial charge in [-0.3, -0.25) is 14.5 Å². The minimum atomic E-state index is -0.708. The topological polar surface area (TPSA) is 162 Å². The first-order chi connectivity index (χ1) is 21.3. The van der Waals surface area contributed by atoms with Gasteiger partial charge in [0.25, 0.3) is 0 Å². The molecule has 228 valence electrons. The highest BCUT2D eigenvalue weighted by Crippen LogP contribution is 2.49. The zero-order chi connectivity index (χ0) is 31.4. The smallest absolute Gasteiger partial charge is 0.234 e. The number of carbonyl (C=O) groups is 2. The maximum absolute atomic E-state index is 13.5. The molecule has 1 amide bonds. The number of nitrogens with one attached hydrogen (secondary N) is 1. The van der Waals surface area contributed by atoms with E-state index >= 15 is 0 Å². The zero-order valence-electron chi connectivity index (χ0n) is 24.5. The molecule has 0 radical (unpaired) electrons. The lowest BCUT2D eigenvalue weighted by atomic mass is 9.75. The van der Waals surface area contributed by atoms with E-state index < -0.39 is 5.92 Å². The molecule has 44 heavy (non-hydrogen) atoms. The van der Waals surface area contributed by atoms with Crippen LogP contribution in [0.3, 0.4) is 0 Å². The first-order valence-corrected chi connectivity index (χ1v) is 15.3. The number of aromatic nitrogens is 2. The minimum absolute atomic E-state index is 0.0642. The molecule has 0 fully saturated rings. The van der Waals surface area contributed by atoms with Gasteiger partial charge < -0.3 is 30.0 Å². The SMILES string of the molecule is COc1cc(NC(=O)CSc2nnc(N3C(N)=C(C#N)C(c4ccc(OC)cc4OC)C4=C3CCCC4=O)s2)cc(OC)c1. The molecule has 0 saturated heterocycles. The number of hydrogen-bond donors (Lipinski definition) is 2. The third-order valence-corrected chi connectivity index (χ3v) is 9.26. The summed E-state index contributed by atoms with van der Waals surface area (Å²) in [7, 11) is 6.14. The number of nitrogens with zero attached hydrogens (tertiary/aromatic N) is 4. The number of nitriles is 1. The van der Waals surface area contributed by atoms with Crippen molar-refractivity contribution in [3.05, 3.63) is 64.6 Å². The van der Waals surface area contributed by atoms with Crippen molar-refractivity contribution in [3.8, 4) is 29.1 Å². The number of allylic oxidation sites excluding steroid dienone is 3. The van der Waals surface area contributed by atoms with E-state index in [1.54, 1.807) is 48.4 Å². The van der Waals surface area contributed by atoms with Crippen LogP contribution in [0, 0.1) is 11.3 Å². The van der Waals surface area contributed by atoms with Crippen molar-refractivity contribution < 1.29 is 28.5 Å². The Labute approximate surface area is 262 Å². The summed E-state index contributed by atoms with van der Waals surface area (Å²) in [4.78, 5) is 27.8. The number of amides is 1. The molecule has 2 heterocycles. The van der Waals surface area contributed by atoms with Crippen LogP contribution in [-0.4, -0.2) is 56.1 Å². The molecule has 2 aliphatic rings. The molecule has 14 heteroatoms. The third kappa shape index (κ3) is 6.01. The van der Waals surface area contributed by atoms with E-state index in [0.29, 0.717) is 74.3 Å². The number of ketones is 1. The van der Waals surface area contributed by atoms with Crippen molar-refractivity contribution >= 4 is 45.6 Å². The molecule has 1 atom stereocenters. The third-order valence-electron chi connectivity index (χ3n) is 7.21. The Morgan fingerprint density at radius 1 is 1.07 bits per heavy atom. The second-order valence-corrected chi connectivity index (χ2v) is 11.9. The monoisotopic (exact) mass is 634 g/mol. The summed E-state index contributed by atoms with van der Waals surface area (Å²) in [6.07, 6.45) is 1.54. The van der Waals surface area contributed by atoms with Crippen molar-refractivity contribution in [1.29, 1.82) is 5.26 Å². The lowest BCUT2D eigenvalue weighted by Crippen LogP contribution is -2.38. The number of carbonyl (C=O) groups excluding carboxylic acids is 2. The van der Waals surface area contributed by atoms with E-state index in [9.17, 15) is 14.9 Å². The first kappa shape index (κ1) is 30.7. The molecule has 5 rings (SSSR count). The number of benzene rings is 2. The Hall–Kier alpha value is -4.74. The molecule has 1 aromatic heterocycles. The number of thioether (sulfide) groups is 1. The summed E-state index contributed by atoms with van der Waals surface area (Å²) in [5, 5.41) is 22.2. The average molecular weight is 635 g/mol. The first-order valence-electron chi connectivity index (χ1n) is 13.5. The molecule has 1 aliphatic carbocycles. The van der Waals surface area contributed by atoms with E-state index in [1.807, 2.05) is 0 Å². The number of nitrogens with two attached hydrogens (primary N) is 1.